The Balaban J connectivity index is 3.66. The van der Waals surface area contributed by atoms with E-state index in [4.69, 9.17) is 10.2 Å². The van der Waals surface area contributed by atoms with Gasteiger partial charge in [0.2, 0.25) is 0 Å². The van der Waals surface area contributed by atoms with E-state index >= 15 is 0 Å². The fourth-order valence-corrected chi connectivity index (χ4v) is 1.42. The normalized spacial score (nSPS) is 13.3. The molecule has 88 valence electrons. The van der Waals surface area contributed by atoms with Gasteiger partial charge >= 0.3 is 0 Å². The van der Waals surface area contributed by atoms with Crippen molar-refractivity contribution in [3.63, 3.8) is 0 Å². The Labute approximate surface area is 93.3 Å². The lowest BCUT2D eigenvalue weighted by Gasteiger charge is -2.01. The number of aliphatic hydroxyl groups excluding tert-OH is 2. The maximum absolute atomic E-state index is 8.67. The molecule has 0 aliphatic rings. The van der Waals surface area contributed by atoms with Crippen molar-refractivity contribution in [2.45, 2.75) is 46.0 Å². The fraction of sp³-hybridized carbons (Fsp3) is 0.692. The molecule has 0 aliphatic carbocycles. The SMILES string of the molecule is CC(=CCCO)CCC=C(C)CCCO. The van der Waals surface area contributed by atoms with E-state index in [9.17, 15) is 0 Å². The molecule has 0 radical (unpaired) electrons. The van der Waals surface area contributed by atoms with Crippen LogP contribution >= 0.6 is 0 Å². The lowest BCUT2D eigenvalue weighted by atomic mass is 10.1. The molecule has 0 aromatic heterocycles. The molecule has 0 fully saturated rings. The molecule has 2 N–H and O–H groups in total. The molecule has 2 heteroatoms. The van der Waals surface area contributed by atoms with Gasteiger partial charge in [0, 0.05) is 13.2 Å². The van der Waals surface area contributed by atoms with Crippen molar-refractivity contribution < 1.29 is 10.2 Å². The third kappa shape index (κ3) is 9.70. The van der Waals surface area contributed by atoms with Crippen LogP contribution in [0.3, 0.4) is 0 Å². The maximum atomic E-state index is 8.67. The second-order valence-corrected chi connectivity index (χ2v) is 3.98. The van der Waals surface area contributed by atoms with E-state index in [-0.39, 0.29) is 13.2 Å². The highest BCUT2D eigenvalue weighted by molar-refractivity contribution is 5.03. The first-order valence-electron chi connectivity index (χ1n) is 5.73. The molecule has 0 saturated carbocycles. The van der Waals surface area contributed by atoms with E-state index in [1.54, 1.807) is 0 Å². The summed E-state index contributed by atoms with van der Waals surface area (Å²) in [6.07, 6.45) is 9.08. The van der Waals surface area contributed by atoms with Crippen molar-refractivity contribution in [2.24, 2.45) is 0 Å². The fourth-order valence-electron chi connectivity index (χ4n) is 1.42. The molecule has 0 unspecified atom stereocenters. The largest absolute Gasteiger partial charge is 0.396 e. The lowest BCUT2D eigenvalue weighted by Crippen LogP contribution is -1.85. The summed E-state index contributed by atoms with van der Waals surface area (Å²) >= 11 is 0. The van der Waals surface area contributed by atoms with Crippen LogP contribution < -0.4 is 0 Å². The number of allylic oxidation sites excluding steroid dienone is 3. The third-order valence-electron chi connectivity index (χ3n) is 2.38. The Hall–Kier alpha value is -0.600. The van der Waals surface area contributed by atoms with Crippen molar-refractivity contribution in [1.29, 1.82) is 0 Å². The topological polar surface area (TPSA) is 40.5 Å². The minimum Gasteiger partial charge on any atom is -0.396 e. The van der Waals surface area contributed by atoms with Crippen molar-refractivity contribution in [1.82, 2.24) is 0 Å². The van der Waals surface area contributed by atoms with Crippen LogP contribution in [0.25, 0.3) is 0 Å². The summed E-state index contributed by atoms with van der Waals surface area (Å²) in [4.78, 5) is 0. The number of hydrogen-bond acceptors (Lipinski definition) is 2. The van der Waals surface area contributed by atoms with Crippen molar-refractivity contribution >= 4 is 0 Å². The molecular formula is C13H24O2. The van der Waals surface area contributed by atoms with Crippen molar-refractivity contribution in [3.05, 3.63) is 23.3 Å². The van der Waals surface area contributed by atoms with E-state index in [2.05, 4.69) is 26.0 Å². The Bertz CT molecular complexity index is 205. The molecule has 0 amide bonds. The molecule has 15 heavy (non-hydrogen) atoms. The Kier molecular flexibility index (Phi) is 9.54. The smallest absolute Gasteiger partial charge is 0.0465 e. The minimum absolute atomic E-state index is 0.239. The van der Waals surface area contributed by atoms with Gasteiger partial charge in [-0.3, -0.25) is 0 Å². The van der Waals surface area contributed by atoms with Crippen molar-refractivity contribution in [3.8, 4) is 0 Å². The minimum atomic E-state index is 0.239. The monoisotopic (exact) mass is 212 g/mol. The highest BCUT2D eigenvalue weighted by Crippen LogP contribution is 2.10. The molecule has 0 bridgehead atoms. The zero-order valence-electron chi connectivity index (χ0n) is 10.00. The predicted molar refractivity (Wildman–Crippen MR) is 64.8 cm³/mol. The summed E-state index contributed by atoms with van der Waals surface area (Å²) in [6.45, 7) is 4.73. The zero-order chi connectivity index (χ0) is 11.5. The quantitative estimate of drug-likeness (QED) is 0.607. The van der Waals surface area contributed by atoms with Crippen molar-refractivity contribution in [2.75, 3.05) is 13.2 Å². The molecule has 0 aromatic carbocycles. The second kappa shape index (κ2) is 9.94. The van der Waals surface area contributed by atoms with Gasteiger partial charge in [0.25, 0.3) is 0 Å². The van der Waals surface area contributed by atoms with Crippen LogP contribution in [0.2, 0.25) is 0 Å². The van der Waals surface area contributed by atoms with Crippen LogP contribution in [0, 0.1) is 0 Å². The molecule has 0 heterocycles. The second-order valence-electron chi connectivity index (χ2n) is 3.98. The van der Waals surface area contributed by atoms with Crippen LogP contribution in [0.15, 0.2) is 23.3 Å². The number of rotatable bonds is 8. The molecular weight excluding hydrogens is 188 g/mol. The summed E-state index contributed by atoms with van der Waals surface area (Å²) in [5.41, 5.74) is 2.70. The summed E-state index contributed by atoms with van der Waals surface area (Å²) in [6, 6.07) is 0. The molecule has 0 aromatic rings. The first kappa shape index (κ1) is 14.4. The first-order valence-corrected chi connectivity index (χ1v) is 5.73. The predicted octanol–water partition coefficient (Wildman–Crippen LogP) is 2.81. The van der Waals surface area contributed by atoms with Crippen LogP contribution in [0.1, 0.15) is 46.0 Å². The van der Waals surface area contributed by atoms with Gasteiger partial charge in [0.1, 0.15) is 0 Å². The number of aliphatic hydroxyl groups is 2. The van der Waals surface area contributed by atoms with Crippen LogP contribution in [0.4, 0.5) is 0 Å². The van der Waals surface area contributed by atoms with E-state index < -0.39 is 0 Å². The third-order valence-corrected chi connectivity index (χ3v) is 2.38. The standard InChI is InChI=1S/C13H24O2/c1-12(8-4-10-14)6-3-7-13(2)9-5-11-15/h6,9,14-15H,3-5,7-8,10-11H2,1-2H3. The highest BCUT2D eigenvalue weighted by atomic mass is 16.3. The van der Waals surface area contributed by atoms with Gasteiger partial charge in [-0.1, -0.05) is 23.3 Å². The number of hydrogen-bond donors (Lipinski definition) is 2. The Morgan fingerprint density at radius 3 is 2.07 bits per heavy atom. The summed E-state index contributed by atoms with van der Waals surface area (Å²) in [5.74, 6) is 0. The van der Waals surface area contributed by atoms with E-state index in [1.165, 1.54) is 11.1 Å². The average Bonchev–Trinajstić information content (AvgIpc) is 2.23. The van der Waals surface area contributed by atoms with Gasteiger partial charge in [-0.15, -0.1) is 0 Å². The summed E-state index contributed by atoms with van der Waals surface area (Å²) in [7, 11) is 0. The Morgan fingerprint density at radius 2 is 1.47 bits per heavy atom. The van der Waals surface area contributed by atoms with Gasteiger partial charge in [-0.2, -0.15) is 0 Å². The van der Waals surface area contributed by atoms with Crippen LogP contribution in [0.5, 0.6) is 0 Å². The zero-order valence-corrected chi connectivity index (χ0v) is 10.00. The molecule has 0 spiro atoms. The van der Waals surface area contributed by atoms with Gasteiger partial charge in [0.15, 0.2) is 0 Å². The van der Waals surface area contributed by atoms with Crippen LogP contribution in [-0.4, -0.2) is 23.4 Å². The maximum Gasteiger partial charge on any atom is 0.0465 e. The highest BCUT2D eigenvalue weighted by Gasteiger charge is 1.91. The lowest BCUT2D eigenvalue weighted by molar-refractivity contribution is 0.288. The summed E-state index contributed by atoms with van der Waals surface area (Å²) in [5, 5.41) is 17.3. The molecule has 0 rings (SSSR count). The summed E-state index contributed by atoms with van der Waals surface area (Å²) < 4.78 is 0. The first-order chi connectivity index (χ1) is 7.20. The average molecular weight is 212 g/mol. The Morgan fingerprint density at radius 1 is 0.867 bits per heavy atom. The van der Waals surface area contributed by atoms with Gasteiger partial charge in [-0.05, 0) is 46.0 Å². The van der Waals surface area contributed by atoms with E-state index in [0.29, 0.717) is 0 Å². The van der Waals surface area contributed by atoms with E-state index in [1.807, 2.05) is 0 Å². The molecule has 0 aliphatic heterocycles. The van der Waals surface area contributed by atoms with Gasteiger partial charge in [-0.25, -0.2) is 0 Å². The molecule has 0 atom stereocenters. The molecule has 0 saturated heterocycles. The van der Waals surface area contributed by atoms with Gasteiger partial charge < -0.3 is 10.2 Å². The van der Waals surface area contributed by atoms with Gasteiger partial charge in [0.05, 0.1) is 0 Å². The molecule has 2 nitrogen and oxygen atoms in total. The van der Waals surface area contributed by atoms with Crippen LogP contribution in [-0.2, 0) is 0 Å². The van der Waals surface area contributed by atoms with E-state index in [0.717, 1.165) is 32.1 Å².